The van der Waals surface area contributed by atoms with Crippen molar-refractivity contribution >= 4 is 6.03 Å². The van der Waals surface area contributed by atoms with E-state index in [1.807, 2.05) is 41.8 Å². The van der Waals surface area contributed by atoms with Gasteiger partial charge in [-0.25, -0.2) is 4.79 Å². The van der Waals surface area contributed by atoms with Gasteiger partial charge < -0.3 is 19.5 Å². The lowest BCUT2D eigenvalue weighted by atomic mass is 10.2. The van der Waals surface area contributed by atoms with Gasteiger partial charge in [-0.05, 0) is 12.5 Å². The number of aromatic nitrogens is 3. The van der Waals surface area contributed by atoms with E-state index in [1.165, 1.54) is 0 Å². The predicted molar refractivity (Wildman–Crippen MR) is 86.8 cm³/mol. The van der Waals surface area contributed by atoms with Crippen LogP contribution in [-0.4, -0.2) is 46.5 Å². The molecule has 1 heterocycles. The molecule has 7 nitrogen and oxygen atoms in total. The first kappa shape index (κ1) is 17.0. The van der Waals surface area contributed by atoms with Crippen molar-refractivity contribution in [3.8, 4) is 0 Å². The standard InChI is InChI=1S/C16H23N5O2/c1-13(15-19-17-12-21(15)9-10-23-3)18-16(22)20(2)11-14-7-5-4-6-8-14/h4-8,12-13H,9-11H2,1-3H3,(H,18,22). The molecule has 2 aromatic rings. The molecule has 1 atom stereocenters. The van der Waals surface area contributed by atoms with Crippen LogP contribution in [0.1, 0.15) is 24.4 Å². The second-order valence-corrected chi connectivity index (χ2v) is 5.39. The second-order valence-electron chi connectivity index (χ2n) is 5.39. The summed E-state index contributed by atoms with van der Waals surface area (Å²) >= 11 is 0. The van der Waals surface area contributed by atoms with Crippen LogP contribution in [0.4, 0.5) is 4.79 Å². The zero-order valence-corrected chi connectivity index (χ0v) is 13.8. The molecule has 0 bridgehead atoms. The molecular weight excluding hydrogens is 294 g/mol. The Labute approximate surface area is 136 Å². The van der Waals surface area contributed by atoms with Gasteiger partial charge in [-0.3, -0.25) is 0 Å². The minimum Gasteiger partial charge on any atom is -0.383 e. The lowest BCUT2D eigenvalue weighted by Crippen LogP contribution is -2.39. The van der Waals surface area contributed by atoms with Crippen molar-refractivity contribution in [1.29, 1.82) is 0 Å². The molecule has 124 valence electrons. The predicted octanol–water partition coefficient (Wildman–Crippen LogP) is 1.83. The lowest BCUT2D eigenvalue weighted by Gasteiger charge is -2.21. The Morgan fingerprint density at radius 2 is 2.13 bits per heavy atom. The number of nitrogens with one attached hydrogen (secondary N) is 1. The van der Waals surface area contributed by atoms with Crippen LogP contribution >= 0.6 is 0 Å². The third-order valence-corrected chi connectivity index (χ3v) is 3.52. The number of carbonyl (C=O) groups excluding carboxylic acids is 1. The molecule has 0 fully saturated rings. The Bertz CT molecular complexity index is 614. The van der Waals surface area contributed by atoms with Crippen LogP contribution < -0.4 is 5.32 Å². The monoisotopic (exact) mass is 317 g/mol. The fourth-order valence-corrected chi connectivity index (χ4v) is 2.25. The number of methoxy groups -OCH3 is 1. The number of benzene rings is 1. The summed E-state index contributed by atoms with van der Waals surface area (Å²) in [6.45, 7) is 3.66. The van der Waals surface area contributed by atoms with E-state index >= 15 is 0 Å². The van der Waals surface area contributed by atoms with Gasteiger partial charge in [-0.2, -0.15) is 0 Å². The molecule has 23 heavy (non-hydrogen) atoms. The topological polar surface area (TPSA) is 72.3 Å². The molecule has 0 saturated heterocycles. The van der Waals surface area contributed by atoms with Crippen molar-refractivity contribution in [3.63, 3.8) is 0 Å². The maximum Gasteiger partial charge on any atom is 0.318 e. The molecule has 1 N–H and O–H groups in total. The smallest absolute Gasteiger partial charge is 0.318 e. The molecule has 1 unspecified atom stereocenters. The maximum absolute atomic E-state index is 12.3. The summed E-state index contributed by atoms with van der Waals surface area (Å²) in [6, 6.07) is 9.48. The SMILES string of the molecule is COCCn1cnnc1C(C)NC(=O)N(C)Cc1ccccc1. The van der Waals surface area contributed by atoms with Crippen LogP contribution in [0.2, 0.25) is 0 Å². The molecule has 2 amide bonds. The van der Waals surface area contributed by atoms with Gasteiger partial charge in [0.2, 0.25) is 0 Å². The summed E-state index contributed by atoms with van der Waals surface area (Å²) in [4.78, 5) is 14.0. The maximum atomic E-state index is 12.3. The summed E-state index contributed by atoms with van der Waals surface area (Å²) in [5.74, 6) is 0.712. The minimum absolute atomic E-state index is 0.150. The highest BCUT2D eigenvalue weighted by Gasteiger charge is 2.17. The zero-order chi connectivity index (χ0) is 16.7. The number of amides is 2. The first-order chi connectivity index (χ1) is 11.1. The quantitative estimate of drug-likeness (QED) is 0.845. The van der Waals surface area contributed by atoms with Crippen molar-refractivity contribution in [1.82, 2.24) is 25.0 Å². The highest BCUT2D eigenvalue weighted by atomic mass is 16.5. The Morgan fingerprint density at radius 3 is 2.83 bits per heavy atom. The van der Waals surface area contributed by atoms with Gasteiger partial charge >= 0.3 is 6.03 Å². The fourth-order valence-electron chi connectivity index (χ4n) is 2.25. The van der Waals surface area contributed by atoms with Gasteiger partial charge in [0.1, 0.15) is 6.33 Å². The van der Waals surface area contributed by atoms with Crippen LogP contribution in [0.25, 0.3) is 0 Å². The van der Waals surface area contributed by atoms with Crippen molar-refractivity contribution in [3.05, 3.63) is 48.0 Å². The third kappa shape index (κ3) is 4.79. The molecule has 1 aromatic carbocycles. The van der Waals surface area contributed by atoms with Gasteiger partial charge in [0.05, 0.1) is 12.6 Å². The average Bonchev–Trinajstić information content (AvgIpc) is 3.02. The van der Waals surface area contributed by atoms with Gasteiger partial charge in [0.25, 0.3) is 0 Å². The Hall–Kier alpha value is -2.41. The number of hydrogen-bond acceptors (Lipinski definition) is 4. The largest absolute Gasteiger partial charge is 0.383 e. The molecule has 1 aromatic heterocycles. The minimum atomic E-state index is -0.236. The number of ether oxygens (including phenoxy) is 1. The number of nitrogens with zero attached hydrogens (tertiary/aromatic N) is 4. The normalized spacial score (nSPS) is 12.0. The summed E-state index contributed by atoms with van der Waals surface area (Å²) in [5, 5.41) is 10.9. The first-order valence-corrected chi connectivity index (χ1v) is 7.54. The van der Waals surface area contributed by atoms with E-state index in [1.54, 1.807) is 25.4 Å². The van der Waals surface area contributed by atoms with Gasteiger partial charge in [-0.15, -0.1) is 10.2 Å². The summed E-state index contributed by atoms with van der Waals surface area (Å²) < 4.78 is 6.94. The molecule has 0 saturated carbocycles. The van der Waals surface area contributed by atoms with Crippen LogP contribution in [0.5, 0.6) is 0 Å². The molecule has 0 aliphatic carbocycles. The van der Waals surface area contributed by atoms with Crippen LogP contribution in [0, 0.1) is 0 Å². The lowest BCUT2D eigenvalue weighted by molar-refractivity contribution is 0.184. The number of carbonyl (C=O) groups is 1. The van der Waals surface area contributed by atoms with Crippen molar-refractivity contribution < 1.29 is 9.53 Å². The highest BCUT2D eigenvalue weighted by molar-refractivity contribution is 5.74. The van der Waals surface area contributed by atoms with E-state index in [4.69, 9.17) is 4.74 Å². The number of urea groups is 1. The molecule has 0 radical (unpaired) electrons. The number of hydrogen-bond donors (Lipinski definition) is 1. The molecule has 2 rings (SSSR count). The van der Waals surface area contributed by atoms with Gasteiger partial charge in [0.15, 0.2) is 5.82 Å². The van der Waals surface area contributed by atoms with Crippen molar-refractivity contribution in [2.24, 2.45) is 0 Å². The molecule has 0 aliphatic rings. The van der Waals surface area contributed by atoms with E-state index in [0.717, 1.165) is 5.56 Å². The van der Waals surface area contributed by atoms with E-state index in [-0.39, 0.29) is 12.1 Å². The first-order valence-electron chi connectivity index (χ1n) is 7.54. The fraction of sp³-hybridized carbons (Fsp3) is 0.438. The Kier molecular flexibility index (Phi) is 6.10. The van der Waals surface area contributed by atoms with Crippen molar-refractivity contribution in [2.75, 3.05) is 20.8 Å². The van der Waals surface area contributed by atoms with Crippen LogP contribution in [0.3, 0.4) is 0 Å². The zero-order valence-electron chi connectivity index (χ0n) is 13.8. The van der Waals surface area contributed by atoms with E-state index in [0.29, 0.717) is 25.5 Å². The van der Waals surface area contributed by atoms with Gasteiger partial charge in [-0.1, -0.05) is 30.3 Å². The highest BCUT2D eigenvalue weighted by Crippen LogP contribution is 2.10. The van der Waals surface area contributed by atoms with E-state index in [9.17, 15) is 4.79 Å². The second kappa shape index (κ2) is 8.28. The number of rotatable bonds is 7. The van der Waals surface area contributed by atoms with E-state index in [2.05, 4.69) is 15.5 Å². The average molecular weight is 317 g/mol. The van der Waals surface area contributed by atoms with Crippen molar-refractivity contribution in [2.45, 2.75) is 26.1 Å². The van der Waals surface area contributed by atoms with E-state index < -0.39 is 0 Å². The van der Waals surface area contributed by atoms with Crippen LogP contribution in [0.15, 0.2) is 36.7 Å². The third-order valence-electron chi connectivity index (χ3n) is 3.52. The summed E-state index contributed by atoms with van der Waals surface area (Å²) in [7, 11) is 3.42. The molecule has 0 aliphatic heterocycles. The Morgan fingerprint density at radius 1 is 1.39 bits per heavy atom. The summed E-state index contributed by atoms with van der Waals surface area (Å²) in [5.41, 5.74) is 1.08. The Balaban J connectivity index is 1.92. The molecule has 0 spiro atoms. The summed E-state index contributed by atoms with van der Waals surface area (Å²) in [6.07, 6.45) is 1.64. The van der Waals surface area contributed by atoms with Crippen LogP contribution in [-0.2, 0) is 17.8 Å². The molecular formula is C16H23N5O2. The molecule has 7 heteroatoms. The van der Waals surface area contributed by atoms with Gasteiger partial charge in [0, 0.05) is 27.2 Å².